The van der Waals surface area contributed by atoms with Crippen LogP contribution in [-0.4, -0.2) is 65.9 Å². The van der Waals surface area contributed by atoms with Gasteiger partial charge in [-0.2, -0.15) is 0 Å². The highest BCUT2D eigenvalue weighted by atomic mass is 19.1. The molecule has 0 spiro atoms. The number of rotatable bonds is 13. The van der Waals surface area contributed by atoms with Crippen LogP contribution in [0.4, 0.5) is 14.5 Å². The van der Waals surface area contributed by atoms with E-state index in [2.05, 4.69) is 15.3 Å². The van der Waals surface area contributed by atoms with E-state index in [1.807, 2.05) is 24.3 Å². The lowest BCUT2D eigenvalue weighted by Crippen LogP contribution is -2.26. The lowest BCUT2D eigenvalue weighted by atomic mass is 10.0. The average molecular weight is 712 g/mol. The number of aromatic nitrogens is 4. The van der Waals surface area contributed by atoms with Gasteiger partial charge in [0.15, 0.2) is 11.5 Å². The summed E-state index contributed by atoms with van der Waals surface area (Å²) in [7, 11) is 3.17. The minimum atomic E-state index is -0.773. The molecule has 0 aliphatic carbocycles. The summed E-state index contributed by atoms with van der Waals surface area (Å²) in [6, 6.07) is 17.1. The Labute approximate surface area is 296 Å². The van der Waals surface area contributed by atoms with Crippen molar-refractivity contribution in [3.05, 3.63) is 106 Å². The molecule has 1 aliphatic rings. The summed E-state index contributed by atoms with van der Waals surface area (Å²) in [5.41, 5.74) is 0.358. The quantitative estimate of drug-likeness (QED) is 0.135. The lowest BCUT2D eigenvalue weighted by molar-refractivity contribution is 0.102. The molecule has 52 heavy (non-hydrogen) atoms. The minimum Gasteiger partial charge on any atom is -0.487 e. The highest BCUT2D eigenvalue weighted by Crippen LogP contribution is 2.39. The molecule has 0 fully saturated rings. The normalized spacial score (nSPS) is 12.5. The predicted molar refractivity (Wildman–Crippen MR) is 189 cm³/mol. The van der Waals surface area contributed by atoms with Crippen LogP contribution in [0.5, 0.6) is 23.1 Å². The molecular formula is C38H35F2N5O7. The summed E-state index contributed by atoms with van der Waals surface area (Å²) in [6.45, 7) is 1.72. The number of halogens is 2. The molecule has 12 nitrogen and oxygen atoms in total. The molecule has 1 aliphatic heterocycles. The second-order valence-corrected chi connectivity index (χ2v) is 12.0. The molecular weight excluding hydrogens is 676 g/mol. The third kappa shape index (κ3) is 6.77. The van der Waals surface area contributed by atoms with E-state index in [1.54, 1.807) is 43.2 Å². The van der Waals surface area contributed by atoms with Crippen molar-refractivity contribution in [1.82, 2.24) is 19.3 Å². The maximum atomic E-state index is 14.9. The number of carbonyl (C=O) groups excluding carboxylic acids is 1. The maximum Gasteiger partial charge on any atom is 0.284 e. The van der Waals surface area contributed by atoms with Gasteiger partial charge in [0.2, 0.25) is 5.88 Å². The van der Waals surface area contributed by atoms with Crippen LogP contribution in [0.25, 0.3) is 27.4 Å². The Kier molecular flexibility index (Phi) is 10.1. The molecule has 7 rings (SSSR count). The summed E-state index contributed by atoms with van der Waals surface area (Å²) in [4.78, 5) is 36.5. The van der Waals surface area contributed by atoms with Gasteiger partial charge in [-0.15, -0.1) is 0 Å². The van der Waals surface area contributed by atoms with Crippen molar-refractivity contribution >= 4 is 33.3 Å². The van der Waals surface area contributed by atoms with Crippen LogP contribution >= 0.6 is 0 Å². The van der Waals surface area contributed by atoms with Crippen LogP contribution < -0.4 is 25.1 Å². The van der Waals surface area contributed by atoms with Gasteiger partial charge in [0.05, 0.1) is 29.8 Å². The maximum absolute atomic E-state index is 14.9. The smallest absolute Gasteiger partial charge is 0.284 e. The molecule has 1 N–H and O–H groups in total. The number of benzene rings is 4. The third-order valence-electron chi connectivity index (χ3n) is 8.74. The van der Waals surface area contributed by atoms with Crippen molar-refractivity contribution in [2.45, 2.75) is 25.8 Å². The summed E-state index contributed by atoms with van der Waals surface area (Å²) in [5, 5.41) is 4.75. The lowest BCUT2D eigenvalue weighted by Gasteiger charge is -2.19. The van der Waals surface area contributed by atoms with E-state index in [4.69, 9.17) is 23.7 Å². The molecule has 0 saturated heterocycles. The molecule has 0 radical (unpaired) electrons. The molecule has 0 bridgehead atoms. The Hall–Kier alpha value is -5.86. The van der Waals surface area contributed by atoms with E-state index in [0.717, 1.165) is 35.7 Å². The summed E-state index contributed by atoms with van der Waals surface area (Å²) in [6.07, 6.45) is 3.28. The zero-order valence-corrected chi connectivity index (χ0v) is 28.5. The van der Waals surface area contributed by atoms with Crippen molar-refractivity contribution in [3.63, 3.8) is 0 Å². The Morgan fingerprint density at radius 2 is 1.58 bits per heavy atom. The number of amides is 1. The number of carbonyl (C=O) groups is 1. The number of hydrogen-bond donors (Lipinski definition) is 1. The fourth-order valence-electron chi connectivity index (χ4n) is 6.32. The van der Waals surface area contributed by atoms with Gasteiger partial charge in [0, 0.05) is 49.4 Å². The Balaban J connectivity index is 1.23. The molecule has 0 unspecified atom stereocenters. The van der Waals surface area contributed by atoms with Gasteiger partial charge >= 0.3 is 0 Å². The Morgan fingerprint density at radius 1 is 0.827 bits per heavy atom. The van der Waals surface area contributed by atoms with Crippen molar-refractivity contribution < 1.29 is 37.3 Å². The van der Waals surface area contributed by atoms with Crippen LogP contribution in [-0.2, 0) is 22.4 Å². The SMILES string of the molecule is COCCOc1cc2ncnc(Oc3ccc(NC(=O)c4c5n(n(-c6cc(F)ccc6F)c4=O)CCCC5)c4ccccc34)c2cc1OCCOC. The highest BCUT2D eigenvalue weighted by molar-refractivity contribution is 6.10. The second-order valence-electron chi connectivity index (χ2n) is 12.0. The number of fused-ring (bicyclic) bond motifs is 3. The number of anilines is 1. The van der Waals surface area contributed by atoms with Gasteiger partial charge in [0.1, 0.15) is 48.2 Å². The first kappa shape index (κ1) is 34.6. The molecule has 1 amide bonds. The standard InChI is InChI=1S/C38H35F2N5O7/c1-48-15-17-50-33-20-26-29(21-34(33)51-18-16-49-2)41-22-42-37(26)52-32-13-12-28(24-7-3-4-8-25(24)32)43-36(46)35-30-9-5-6-14-44(30)45(38(35)47)31-19-23(39)10-11-27(31)40/h3-4,7-8,10-13,19-22H,5-6,9,14-18H2,1-2H3,(H,43,46). The van der Waals surface area contributed by atoms with Crippen molar-refractivity contribution in [3.8, 4) is 28.8 Å². The summed E-state index contributed by atoms with van der Waals surface area (Å²) >= 11 is 0. The number of nitrogens with zero attached hydrogens (tertiary/aromatic N) is 4. The zero-order valence-electron chi connectivity index (χ0n) is 28.5. The van der Waals surface area contributed by atoms with Crippen LogP contribution in [0.1, 0.15) is 28.9 Å². The van der Waals surface area contributed by atoms with E-state index < -0.39 is 23.1 Å². The number of methoxy groups -OCH3 is 2. The fourth-order valence-corrected chi connectivity index (χ4v) is 6.32. The fraction of sp³-hybridized carbons (Fsp3) is 0.263. The van der Waals surface area contributed by atoms with E-state index in [0.29, 0.717) is 83.1 Å². The molecule has 3 heterocycles. The molecule has 14 heteroatoms. The van der Waals surface area contributed by atoms with Gasteiger partial charge in [-0.1, -0.05) is 24.3 Å². The zero-order chi connectivity index (χ0) is 36.2. The van der Waals surface area contributed by atoms with Crippen LogP contribution in [0.15, 0.2) is 77.9 Å². The largest absolute Gasteiger partial charge is 0.487 e. The average Bonchev–Trinajstić information content (AvgIpc) is 3.45. The number of ether oxygens (including phenoxy) is 5. The van der Waals surface area contributed by atoms with Gasteiger partial charge < -0.3 is 29.0 Å². The monoisotopic (exact) mass is 711 g/mol. The van der Waals surface area contributed by atoms with Crippen molar-refractivity contribution in [1.29, 1.82) is 0 Å². The summed E-state index contributed by atoms with van der Waals surface area (Å²) in [5.74, 6) is -0.486. The van der Waals surface area contributed by atoms with E-state index in [-0.39, 0.29) is 23.7 Å². The summed E-state index contributed by atoms with van der Waals surface area (Å²) < 4.78 is 60.2. The minimum absolute atomic E-state index is 0.116. The molecule has 4 aromatic carbocycles. The molecule has 2 aromatic heterocycles. The second kappa shape index (κ2) is 15.2. The molecule has 0 atom stereocenters. The first-order valence-electron chi connectivity index (χ1n) is 16.7. The van der Waals surface area contributed by atoms with E-state index in [9.17, 15) is 18.4 Å². The number of hydrogen-bond acceptors (Lipinski definition) is 9. The molecule has 0 saturated carbocycles. The van der Waals surface area contributed by atoms with Gasteiger partial charge in [-0.3, -0.25) is 14.3 Å². The number of nitrogens with one attached hydrogen (secondary N) is 1. The molecule has 6 aromatic rings. The van der Waals surface area contributed by atoms with Crippen LogP contribution in [0, 0.1) is 11.6 Å². The highest BCUT2D eigenvalue weighted by Gasteiger charge is 2.29. The van der Waals surface area contributed by atoms with Crippen molar-refractivity contribution in [2.24, 2.45) is 0 Å². The van der Waals surface area contributed by atoms with E-state index in [1.165, 1.54) is 6.33 Å². The van der Waals surface area contributed by atoms with Crippen molar-refractivity contribution in [2.75, 3.05) is 46.0 Å². The first-order chi connectivity index (χ1) is 25.4. The Morgan fingerprint density at radius 3 is 2.35 bits per heavy atom. The van der Waals surface area contributed by atoms with Gasteiger partial charge in [-0.05, 0) is 49.6 Å². The topological polar surface area (TPSA) is 128 Å². The van der Waals surface area contributed by atoms with Gasteiger partial charge in [-0.25, -0.2) is 23.4 Å². The Bertz CT molecular complexity index is 2340. The van der Waals surface area contributed by atoms with Crippen LogP contribution in [0.2, 0.25) is 0 Å². The van der Waals surface area contributed by atoms with Gasteiger partial charge in [0.25, 0.3) is 11.5 Å². The molecule has 268 valence electrons. The third-order valence-corrected chi connectivity index (χ3v) is 8.74. The van der Waals surface area contributed by atoms with Crippen LogP contribution in [0.3, 0.4) is 0 Å². The van der Waals surface area contributed by atoms with E-state index >= 15 is 0 Å². The first-order valence-corrected chi connectivity index (χ1v) is 16.7. The predicted octanol–water partition coefficient (Wildman–Crippen LogP) is 6.44.